The van der Waals surface area contributed by atoms with E-state index in [2.05, 4.69) is 35.4 Å². The Kier molecular flexibility index (Phi) is 8.21. The maximum Gasteiger partial charge on any atom is 0.341 e. The minimum atomic E-state index is -0.398. The van der Waals surface area contributed by atoms with E-state index in [0.717, 1.165) is 47.4 Å². The molecule has 4 rings (SSSR count). The summed E-state index contributed by atoms with van der Waals surface area (Å²) in [5, 5.41) is 13.6. The molecule has 0 saturated carbocycles. The number of nitrogens with one attached hydrogen (secondary N) is 1. The maximum absolute atomic E-state index is 12.9. The van der Waals surface area contributed by atoms with Crippen LogP contribution in [0.1, 0.15) is 59.4 Å². The summed E-state index contributed by atoms with van der Waals surface area (Å²) in [6.45, 7) is 4.14. The monoisotopic (exact) mass is 505 g/mol. The van der Waals surface area contributed by atoms with E-state index in [0.29, 0.717) is 26.9 Å². The van der Waals surface area contributed by atoms with Crippen molar-refractivity contribution in [1.29, 1.82) is 5.26 Å². The van der Waals surface area contributed by atoms with E-state index >= 15 is 0 Å². The average molecular weight is 506 g/mol. The Morgan fingerprint density at radius 3 is 2.80 bits per heavy atom. The molecule has 1 aromatic carbocycles. The molecule has 3 aromatic rings. The van der Waals surface area contributed by atoms with Gasteiger partial charge in [0.1, 0.15) is 16.1 Å². The van der Waals surface area contributed by atoms with Crippen LogP contribution in [0.3, 0.4) is 0 Å². The molecule has 0 aliphatic heterocycles. The number of aromatic nitrogens is 1. The highest BCUT2D eigenvalue weighted by Crippen LogP contribution is 2.45. The summed E-state index contributed by atoms with van der Waals surface area (Å²) in [6.07, 6.45) is 3.64. The number of hydrogen-bond acceptors (Lipinski definition) is 7. The minimum absolute atomic E-state index is 0.182. The van der Waals surface area contributed by atoms with Gasteiger partial charge in [-0.1, -0.05) is 37.6 Å². The Morgan fingerprint density at radius 1 is 1.20 bits per heavy atom. The Bertz CT molecular complexity index is 1290. The summed E-state index contributed by atoms with van der Waals surface area (Å²) in [7, 11) is 0. The van der Waals surface area contributed by atoms with Gasteiger partial charge in [-0.2, -0.15) is 5.26 Å². The van der Waals surface area contributed by atoms with Gasteiger partial charge in [0.15, 0.2) is 0 Å². The maximum atomic E-state index is 12.9. The topological polar surface area (TPSA) is 92.1 Å². The lowest BCUT2D eigenvalue weighted by Crippen LogP contribution is -2.16. The first kappa shape index (κ1) is 25.0. The van der Waals surface area contributed by atoms with Gasteiger partial charge in [-0.05, 0) is 55.0 Å². The third-order valence-corrected chi connectivity index (χ3v) is 7.93. The second-order valence-electron chi connectivity index (χ2n) is 8.16. The fourth-order valence-corrected chi connectivity index (χ4v) is 6.39. The molecule has 1 aliphatic carbocycles. The molecular weight excluding hydrogens is 478 g/mol. The number of fused-ring (bicyclic) bond motifs is 3. The Labute approximate surface area is 213 Å². The number of anilines is 1. The number of nitriles is 1. The predicted octanol–water partition coefficient (Wildman–Crippen LogP) is 6.03. The van der Waals surface area contributed by atoms with Gasteiger partial charge in [0.25, 0.3) is 0 Å². The van der Waals surface area contributed by atoms with Crippen LogP contribution >= 0.6 is 23.1 Å². The van der Waals surface area contributed by atoms with Crippen LogP contribution in [0.4, 0.5) is 5.00 Å². The lowest BCUT2D eigenvalue weighted by atomic mass is 9.89. The minimum Gasteiger partial charge on any atom is -0.462 e. The van der Waals surface area contributed by atoms with Crippen molar-refractivity contribution in [2.24, 2.45) is 0 Å². The zero-order chi connectivity index (χ0) is 24.8. The lowest BCUT2D eigenvalue weighted by molar-refractivity contribution is -0.115. The Balaban J connectivity index is 1.50. The van der Waals surface area contributed by atoms with Crippen LogP contribution in [0.25, 0.3) is 10.4 Å². The van der Waals surface area contributed by atoms with E-state index in [1.54, 1.807) is 13.0 Å². The number of benzene rings is 1. The van der Waals surface area contributed by atoms with Gasteiger partial charge in [-0.15, -0.1) is 23.1 Å². The van der Waals surface area contributed by atoms with Crippen molar-refractivity contribution in [3.63, 3.8) is 0 Å². The SMILES string of the molecule is CCCc1ccc(C#N)c(SCCC(=O)Nc2sc3c(c2C(=O)OCC)CCc2ccccc2-3)n1. The van der Waals surface area contributed by atoms with E-state index in [1.165, 1.54) is 28.7 Å². The highest BCUT2D eigenvalue weighted by atomic mass is 32.2. The van der Waals surface area contributed by atoms with Crippen molar-refractivity contribution in [3.8, 4) is 16.5 Å². The molecule has 0 radical (unpaired) electrons. The third-order valence-electron chi connectivity index (χ3n) is 5.76. The number of thiophene rings is 1. The van der Waals surface area contributed by atoms with Crippen LogP contribution in [0.15, 0.2) is 41.4 Å². The van der Waals surface area contributed by atoms with Gasteiger partial charge in [-0.3, -0.25) is 4.79 Å². The molecule has 0 bridgehead atoms. The highest BCUT2D eigenvalue weighted by Gasteiger charge is 2.29. The number of carbonyl (C=O) groups excluding carboxylic acids is 2. The number of pyridine rings is 1. The normalized spacial score (nSPS) is 11.8. The molecule has 0 spiro atoms. The number of aryl methyl sites for hydroxylation is 2. The molecule has 180 valence electrons. The van der Waals surface area contributed by atoms with E-state index in [9.17, 15) is 14.9 Å². The predicted molar refractivity (Wildman–Crippen MR) is 140 cm³/mol. The van der Waals surface area contributed by atoms with Crippen LogP contribution in [0.5, 0.6) is 0 Å². The summed E-state index contributed by atoms with van der Waals surface area (Å²) >= 11 is 2.84. The molecule has 0 atom stereocenters. The van der Waals surface area contributed by atoms with Gasteiger partial charge in [0, 0.05) is 22.7 Å². The first-order valence-corrected chi connectivity index (χ1v) is 13.6. The van der Waals surface area contributed by atoms with Crippen LogP contribution < -0.4 is 5.32 Å². The van der Waals surface area contributed by atoms with Crippen molar-refractivity contribution < 1.29 is 14.3 Å². The van der Waals surface area contributed by atoms with Crippen LogP contribution in [0.2, 0.25) is 0 Å². The zero-order valence-electron chi connectivity index (χ0n) is 19.8. The first-order valence-electron chi connectivity index (χ1n) is 11.8. The van der Waals surface area contributed by atoms with Crippen molar-refractivity contribution >= 4 is 40.0 Å². The molecule has 2 heterocycles. The summed E-state index contributed by atoms with van der Waals surface area (Å²) in [4.78, 5) is 31.3. The molecule has 1 N–H and O–H groups in total. The number of hydrogen-bond donors (Lipinski definition) is 1. The van der Waals surface area contributed by atoms with Crippen LogP contribution in [0, 0.1) is 11.3 Å². The fraction of sp³-hybridized carbons (Fsp3) is 0.333. The molecule has 6 nitrogen and oxygen atoms in total. The van der Waals surface area contributed by atoms with Crippen molar-refractivity contribution in [3.05, 3.63) is 64.3 Å². The summed E-state index contributed by atoms with van der Waals surface area (Å²) < 4.78 is 5.33. The van der Waals surface area contributed by atoms with Crippen LogP contribution in [-0.2, 0) is 28.8 Å². The Hall–Kier alpha value is -3.15. The summed E-state index contributed by atoms with van der Waals surface area (Å²) in [6, 6.07) is 14.0. The van der Waals surface area contributed by atoms with Gasteiger partial charge < -0.3 is 10.1 Å². The molecule has 2 aromatic heterocycles. The molecular formula is C27H27N3O3S2. The van der Waals surface area contributed by atoms with Crippen molar-refractivity contribution in [1.82, 2.24) is 4.98 Å². The number of rotatable bonds is 9. The molecule has 8 heteroatoms. The Morgan fingerprint density at radius 2 is 2.03 bits per heavy atom. The number of esters is 1. The van der Waals surface area contributed by atoms with E-state index in [1.807, 2.05) is 18.2 Å². The number of ether oxygens (including phenoxy) is 1. The van der Waals surface area contributed by atoms with Gasteiger partial charge in [0.05, 0.1) is 17.7 Å². The van der Waals surface area contributed by atoms with Gasteiger partial charge in [-0.25, -0.2) is 9.78 Å². The van der Waals surface area contributed by atoms with Crippen molar-refractivity contribution in [2.75, 3.05) is 17.7 Å². The van der Waals surface area contributed by atoms with E-state index in [4.69, 9.17) is 4.74 Å². The molecule has 35 heavy (non-hydrogen) atoms. The standard InChI is InChI=1S/C27H27N3O3S2/c1-3-7-19-12-10-18(16-28)25(29-19)34-15-14-22(31)30-26-23(27(32)33-4-2)21-13-11-17-8-5-6-9-20(17)24(21)35-26/h5-6,8-10,12H,3-4,7,11,13-15H2,1-2H3,(H,30,31). The fourth-order valence-electron chi connectivity index (χ4n) is 4.15. The largest absolute Gasteiger partial charge is 0.462 e. The summed E-state index contributed by atoms with van der Waals surface area (Å²) in [5.41, 5.74) is 5.25. The lowest BCUT2D eigenvalue weighted by Gasteiger charge is -2.16. The molecule has 1 amide bonds. The molecule has 0 unspecified atom stereocenters. The van der Waals surface area contributed by atoms with Crippen molar-refractivity contribution in [2.45, 2.75) is 51.0 Å². The average Bonchev–Trinajstić information content (AvgIpc) is 3.23. The van der Waals surface area contributed by atoms with Gasteiger partial charge in [0.2, 0.25) is 5.91 Å². The number of carbonyl (C=O) groups is 2. The van der Waals surface area contributed by atoms with E-state index < -0.39 is 5.97 Å². The molecule has 0 saturated heterocycles. The highest BCUT2D eigenvalue weighted by molar-refractivity contribution is 7.99. The quantitative estimate of drug-likeness (QED) is 0.282. The number of amides is 1. The van der Waals surface area contributed by atoms with E-state index in [-0.39, 0.29) is 18.9 Å². The molecule has 1 aliphatic rings. The second-order valence-corrected chi connectivity index (χ2v) is 10.3. The smallest absolute Gasteiger partial charge is 0.341 e. The van der Waals surface area contributed by atoms with Crippen LogP contribution in [-0.4, -0.2) is 29.2 Å². The number of nitrogens with zero attached hydrogens (tertiary/aromatic N) is 2. The second kappa shape index (κ2) is 11.5. The third kappa shape index (κ3) is 5.58. The first-order chi connectivity index (χ1) is 17.0. The molecule has 0 fully saturated rings. The zero-order valence-corrected chi connectivity index (χ0v) is 21.5. The number of thioether (sulfide) groups is 1. The van der Waals surface area contributed by atoms with Gasteiger partial charge >= 0.3 is 5.97 Å². The summed E-state index contributed by atoms with van der Waals surface area (Å²) in [5.74, 6) is -0.103.